The van der Waals surface area contributed by atoms with Gasteiger partial charge in [-0.3, -0.25) is 9.79 Å². The number of halogens is 4. The van der Waals surface area contributed by atoms with Crippen molar-refractivity contribution >= 4 is 23.3 Å². The Morgan fingerprint density at radius 3 is 2.58 bits per heavy atom. The molecule has 1 saturated carbocycles. The molecule has 2 aromatic carbocycles. The van der Waals surface area contributed by atoms with Crippen LogP contribution in [0.3, 0.4) is 0 Å². The lowest BCUT2D eigenvalue weighted by Gasteiger charge is -2.29. The number of hydrogen-bond acceptors (Lipinski definition) is 3. The summed E-state index contributed by atoms with van der Waals surface area (Å²) in [6.07, 6.45) is -1.13. The highest BCUT2D eigenvalue weighted by Gasteiger charge is 2.32. The molecule has 2 aliphatic rings. The molecular weight excluding hydrogens is 427 g/mol. The lowest BCUT2D eigenvalue weighted by Crippen LogP contribution is -2.40. The molecule has 164 valence electrons. The molecule has 0 spiro atoms. The molecule has 1 fully saturated rings. The number of amides is 1. The Balaban J connectivity index is 1.28. The van der Waals surface area contributed by atoms with E-state index in [0.717, 1.165) is 61.8 Å². The Kier molecular flexibility index (Phi) is 6.23. The number of carbonyl (C=O) groups is 1. The number of rotatable bonds is 4. The number of fused-ring (bicyclic) bond motifs is 1. The van der Waals surface area contributed by atoms with Gasteiger partial charge in [0.25, 0.3) is 5.91 Å². The number of aliphatic imine (C=N–C) groups is 1. The normalized spacial score (nSPS) is 20.7. The number of nitrogens with zero attached hydrogens (tertiary/aromatic N) is 1. The molecule has 31 heavy (non-hydrogen) atoms. The van der Waals surface area contributed by atoms with Crippen LogP contribution in [-0.2, 0) is 12.7 Å². The largest absolute Gasteiger partial charge is 0.416 e. The molecule has 0 aromatic heterocycles. The fraction of sp³-hybridized carbons (Fsp3) is 0.391. The summed E-state index contributed by atoms with van der Waals surface area (Å²) in [5.41, 5.74) is 1.36. The van der Waals surface area contributed by atoms with Crippen molar-refractivity contribution in [2.45, 2.75) is 44.4 Å². The number of benzene rings is 2. The van der Waals surface area contributed by atoms with E-state index in [4.69, 9.17) is 11.6 Å². The minimum Gasteiger partial charge on any atom is -0.370 e. The van der Waals surface area contributed by atoms with Crippen LogP contribution in [0.15, 0.2) is 47.5 Å². The van der Waals surface area contributed by atoms with E-state index in [9.17, 15) is 18.0 Å². The third-order valence-electron chi connectivity index (χ3n) is 5.96. The molecule has 1 amide bonds. The molecule has 8 heteroatoms. The predicted octanol–water partition coefficient (Wildman–Crippen LogP) is 5.20. The Morgan fingerprint density at radius 1 is 1.10 bits per heavy atom. The summed E-state index contributed by atoms with van der Waals surface area (Å²) >= 11 is 5.97. The molecule has 0 unspecified atom stereocenters. The fourth-order valence-electron chi connectivity index (χ4n) is 4.18. The summed E-state index contributed by atoms with van der Waals surface area (Å²) in [5, 5.41) is 6.32. The summed E-state index contributed by atoms with van der Waals surface area (Å²) in [5.74, 6) is 0.834. The van der Waals surface area contributed by atoms with Crippen LogP contribution in [0.2, 0.25) is 5.02 Å². The first-order chi connectivity index (χ1) is 14.8. The van der Waals surface area contributed by atoms with Gasteiger partial charge in [-0.25, -0.2) is 0 Å². The molecule has 2 N–H and O–H groups in total. The van der Waals surface area contributed by atoms with Gasteiger partial charge in [0, 0.05) is 18.2 Å². The number of carbonyl (C=O) groups excluding carboxylic acids is 1. The molecule has 1 heterocycles. The van der Waals surface area contributed by atoms with Crippen LogP contribution < -0.4 is 10.6 Å². The van der Waals surface area contributed by atoms with E-state index in [1.54, 1.807) is 0 Å². The van der Waals surface area contributed by atoms with Crippen molar-refractivity contribution in [3.05, 3.63) is 69.7 Å². The van der Waals surface area contributed by atoms with E-state index >= 15 is 0 Å². The van der Waals surface area contributed by atoms with Crippen LogP contribution in [0.4, 0.5) is 13.2 Å². The summed E-state index contributed by atoms with van der Waals surface area (Å²) in [4.78, 5) is 17.1. The van der Waals surface area contributed by atoms with Crippen LogP contribution in [0.1, 0.15) is 52.7 Å². The van der Waals surface area contributed by atoms with E-state index in [1.165, 1.54) is 5.56 Å². The second kappa shape index (κ2) is 8.91. The van der Waals surface area contributed by atoms with Crippen molar-refractivity contribution < 1.29 is 18.0 Å². The first-order valence-electron chi connectivity index (χ1n) is 10.4. The van der Waals surface area contributed by atoms with Gasteiger partial charge in [-0.05, 0) is 55.4 Å². The summed E-state index contributed by atoms with van der Waals surface area (Å²) < 4.78 is 38.8. The standard InChI is InChI=1S/C23H23ClF3N3O/c24-20-10-7-16(23(25,26)27)11-19(20)22(31)30-17-8-5-14(6-9-17)12-28-21-18-4-2-1-3-15(18)13-29-21/h1-4,7,10-11,14,17H,5-6,8-9,12-13H2,(H,28,29)(H,30,31). The molecule has 0 radical (unpaired) electrons. The van der Waals surface area contributed by atoms with Gasteiger partial charge in [-0.2, -0.15) is 13.2 Å². The maximum absolute atomic E-state index is 12.9. The molecule has 0 atom stereocenters. The zero-order valence-electron chi connectivity index (χ0n) is 16.8. The average Bonchev–Trinajstić information content (AvgIpc) is 3.16. The fourth-order valence-corrected chi connectivity index (χ4v) is 4.38. The first kappa shape index (κ1) is 21.7. The van der Waals surface area contributed by atoms with E-state index in [0.29, 0.717) is 12.5 Å². The van der Waals surface area contributed by atoms with Crippen LogP contribution in [0.5, 0.6) is 0 Å². The quantitative estimate of drug-likeness (QED) is 0.674. The van der Waals surface area contributed by atoms with Gasteiger partial charge in [0.1, 0.15) is 5.84 Å². The van der Waals surface area contributed by atoms with Crippen LogP contribution >= 0.6 is 11.6 Å². The zero-order valence-corrected chi connectivity index (χ0v) is 17.6. The SMILES string of the molecule is O=C(NC1CCC(CNC2=NCc3ccccc32)CC1)c1cc(C(F)(F)F)ccc1Cl. The van der Waals surface area contributed by atoms with Crippen molar-refractivity contribution in [2.75, 3.05) is 6.54 Å². The lowest BCUT2D eigenvalue weighted by atomic mass is 9.85. The van der Waals surface area contributed by atoms with Crippen molar-refractivity contribution in [3.8, 4) is 0 Å². The third-order valence-corrected chi connectivity index (χ3v) is 6.29. The van der Waals surface area contributed by atoms with Crippen LogP contribution in [-0.4, -0.2) is 24.3 Å². The molecule has 4 nitrogen and oxygen atoms in total. The summed E-state index contributed by atoms with van der Waals surface area (Å²) in [6.45, 7) is 1.52. The topological polar surface area (TPSA) is 53.5 Å². The molecular formula is C23H23ClF3N3O. The van der Waals surface area contributed by atoms with Gasteiger partial charge >= 0.3 is 6.18 Å². The first-order valence-corrected chi connectivity index (χ1v) is 10.7. The van der Waals surface area contributed by atoms with Gasteiger partial charge in [0.15, 0.2) is 0 Å². The minimum atomic E-state index is -4.52. The highest BCUT2D eigenvalue weighted by molar-refractivity contribution is 6.33. The van der Waals surface area contributed by atoms with Gasteiger partial charge in [0.05, 0.1) is 22.7 Å². The van der Waals surface area contributed by atoms with Crippen LogP contribution in [0.25, 0.3) is 0 Å². The van der Waals surface area contributed by atoms with Gasteiger partial charge in [-0.1, -0.05) is 35.9 Å². The lowest BCUT2D eigenvalue weighted by molar-refractivity contribution is -0.137. The Labute approximate surface area is 183 Å². The predicted molar refractivity (Wildman–Crippen MR) is 114 cm³/mol. The smallest absolute Gasteiger partial charge is 0.370 e. The second-order valence-electron chi connectivity index (χ2n) is 8.09. The number of nitrogens with one attached hydrogen (secondary N) is 2. The average molecular weight is 450 g/mol. The number of alkyl halides is 3. The molecule has 1 aliphatic heterocycles. The highest BCUT2D eigenvalue weighted by atomic mass is 35.5. The molecule has 0 bridgehead atoms. The number of amidine groups is 1. The Morgan fingerprint density at radius 2 is 1.84 bits per heavy atom. The van der Waals surface area contributed by atoms with Gasteiger partial charge in [0.2, 0.25) is 0 Å². The van der Waals surface area contributed by atoms with Crippen LogP contribution in [0, 0.1) is 5.92 Å². The molecule has 2 aromatic rings. The summed E-state index contributed by atoms with van der Waals surface area (Å²) in [7, 11) is 0. The maximum atomic E-state index is 12.9. The highest BCUT2D eigenvalue weighted by Crippen LogP contribution is 2.32. The van der Waals surface area contributed by atoms with Crippen molar-refractivity contribution in [1.82, 2.24) is 10.6 Å². The number of hydrogen-bond donors (Lipinski definition) is 2. The third kappa shape index (κ3) is 5.03. The molecule has 4 rings (SSSR count). The van der Waals surface area contributed by atoms with Crippen molar-refractivity contribution in [2.24, 2.45) is 10.9 Å². The van der Waals surface area contributed by atoms with E-state index in [1.807, 2.05) is 12.1 Å². The maximum Gasteiger partial charge on any atom is 0.416 e. The van der Waals surface area contributed by atoms with E-state index in [-0.39, 0.29) is 16.6 Å². The zero-order chi connectivity index (χ0) is 22.0. The van der Waals surface area contributed by atoms with Gasteiger partial charge < -0.3 is 10.6 Å². The Bertz CT molecular complexity index is 998. The summed E-state index contributed by atoms with van der Waals surface area (Å²) in [6, 6.07) is 10.9. The van der Waals surface area contributed by atoms with Gasteiger partial charge in [-0.15, -0.1) is 0 Å². The van der Waals surface area contributed by atoms with Crippen molar-refractivity contribution in [1.29, 1.82) is 0 Å². The second-order valence-corrected chi connectivity index (χ2v) is 8.49. The van der Waals surface area contributed by atoms with E-state index < -0.39 is 17.6 Å². The molecule has 0 saturated heterocycles. The van der Waals surface area contributed by atoms with Crippen molar-refractivity contribution in [3.63, 3.8) is 0 Å². The van der Waals surface area contributed by atoms with E-state index in [2.05, 4.69) is 27.8 Å². The molecule has 1 aliphatic carbocycles. The minimum absolute atomic E-state index is 0.0148. The monoisotopic (exact) mass is 449 g/mol. The Hall–Kier alpha value is -2.54.